The molecule has 1 rings (SSSR count). The standard InChI is InChI=1S/C18H28NO2/c1-7-17(3,4)13-10-9-11-14(21-12-15(19)20)16(13)18(5,6)8-2/h9-11,19H,7-8,12H2,1-6H3. The van der Waals surface area contributed by atoms with E-state index in [9.17, 15) is 4.79 Å². The van der Waals surface area contributed by atoms with Gasteiger partial charge in [-0.1, -0.05) is 53.7 Å². The molecule has 0 saturated carbocycles. The number of carbonyl (C=O) groups excluding carboxylic acids is 1. The van der Waals surface area contributed by atoms with Crippen molar-refractivity contribution in [3.8, 4) is 5.75 Å². The van der Waals surface area contributed by atoms with Crippen LogP contribution in [-0.4, -0.2) is 12.5 Å². The van der Waals surface area contributed by atoms with Crippen molar-refractivity contribution in [1.82, 2.24) is 5.73 Å². The lowest BCUT2D eigenvalue weighted by atomic mass is 9.71. The average molecular weight is 290 g/mol. The van der Waals surface area contributed by atoms with E-state index in [1.807, 2.05) is 12.1 Å². The van der Waals surface area contributed by atoms with Crippen molar-refractivity contribution >= 4 is 5.91 Å². The summed E-state index contributed by atoms with van der Waals surface area (Å²) in [5, 5.41) is 0. The molecule has 0 saturated heterocycles. The van der Waals surface area contributed by atoms with Crippen molar-refractivity contribution in [3.63, 3.8) is 0 Å². The highest BCUT2D eigenvalue weighted by molar-refractivity contribution is 5.74. The molecule has 1 aromatic rings. The number of nitrogens with one attached hydrogen (secondary N) is 1. The zero-order valence-corrected chi connectivity index (χ0v) is 14.2. The van der Waals surface area contributed by atoms with Crippen LogP contribution in [0.5, 0.6) is 5.75 Å². The van der Waals surface area contributed by atoms with E-state index in [-0.39, 0.29) is 17.4 Å². The lowest BCUT2D eigenvalue weighted by Crippen LogP contribution is -2.27. The molecule has 0 spiro atoms. The van der Waals surface area contributed by atoms with Crippen LogP contribution in [0.3, 0.4) is 0 Å². The summed E-state index contributed by atoms with van der Waals surface area (Å²) in [6, 6.07) is 6.04. The molecule has 21 heavy (non-hydrogen) atoms. The first-order valence-electron chi connectivity index (χ1n) is 7.67. The van der Waals surface area contributed by atoms with Crippen LogP contribution < -0.4 is 10.5 Å². The first-order chi connectivity index (χ1) is 9.65. The molecule has 3 nitrogen and oxygen atoms in total. The third-order valence-electron chi connectivity index (χ3n) is 4.56. The molecule has 1 N–H and O–H groups in total. The van der Waals surface area contributed by atoms with Crippen LogP contribution in [0.1, 0.15) is 65.5 Å². The molecular weight excluding hydrogens is 262 g/mol. The van der Waals surface area contributed by atoms with Crippen molar-refractivity contribution in [1.29, 1.82) is 0 Å². The molecule has 0 aliphatic rings. The van der Waals surface area contributed by atoms with Gasteiger partial charge in [0, 0.05) is 5.56 Å². The third kappa shape index (κ3) is 3.99. The normalized spacial score (nSPS) is 12.3. The SMILES string of the molecule is CCC(C)(C)c1cccc(OCC([NH])=O)c1C(C)(C)CC. The number of ether oxygens (including phenoxy) is 1. The molecule has 0 fully saturated rings. The molecule has 1 aromatic carbocycles. The number of benzene rings is 1. The lowest BCUT2D eigenvalue weighted by Gasteiger charge is -2.35. The zero-order valence-electron chi connectivity index (χ0n) is 14.2. The molecule has 0 atom stereocenters. The molecule has 117 valence electrons. The fourth-order valence-corrected chi connectivity index (χ4v) is 2.42. The highest BCUT2D eigenvalue weighted by Crippen LogP contribution is 2.42. The van der Waals surface area contributed by atoms with Crippen molar-refractivity contribution in [3.05, 3.63) is 29.3 Å². The Morgan fingerprint density at radius 3 is 2.14 bits per heavy atom. The fourth-order valence-electron chi connectivity index (χ4n) is 2.42. The van der Waals surface area contributed by atoms with E-state index < -0.39 is 5.91 Å². The molecule has 1 amide bonds. The van der Waals surface area contributed by atoms with Gasteiger partial charge in [0.1, 0.15) is 5.75 Å². The summed E-state index contributed by atoms with van der Waals surface area (Å²) in [6.07, 6.45) is 2.01. The first-order valence-corrected chi connectivity index (χ1v) is 7.67. The monoisotopic (exact) mass is 290 g/mol. The van der Waals surface area contributed by atoms with E-state index in [0.717, 1.165) is 18.6 Å². The van der Waals surface area contributed by atoms with Gasteiger partial charge in [-0.15, -0.1) is 0 Å². The maximum atomic E-state index is 10.9. The van der Waals surface area contributed by atoms with E-state index in [2.05, 4.69) is 47.6 Å². The number of amides is 1. The van der Waals surface area contributed by atoms with Gasteiger partial charge in [0.15, 0.2) is 6.61 Å². The van der Waals surface area contributed by atoms with Gasteiger partial charge in [0.2, 0.25) is 0 Å². The summed E-state index contributed by atoms with van der Waals surface area (Å²) < 4.78 is 5.63. The predicted molar refractivity (Wildman–Crippen MR) is 86.7 cm³/mol. The van der Waals surface area contributed by atoms with Crippen molar-refractivity contribution in [2.45, 2.75) is 65.2 Å². The number of rotatable bonds is 7. The summed E-state index contributed by atoms with van der Waals surface area (Å²) in [6.45, 7) is 13.0. The van der Waals surface area contributed by atoms with Crippen LogP contribution in [-0.2, 0) is 15.6 Å². The second-order valence-corrected chi connectivity index (χ2v) is 6.87. The van der Waals surface area contributed by atoms with Gasteiger partial charge in [-0.25, -0.2) is 0 Å². The summed E-state index contributed by atoms with van der Waals surface area (Å²) in [5.74, 6) is 0.0388. The van der Waals surface area contributed by atoms with Gasteiger partial charge >= 0.3 is 0 Å². The summed E-state index contributed by atoms with van der Waals surface area (Å²) in [7, 11) is 0. The van der Waals surface area contributed by atoms with Crippen LogP contribution in [0.4, 0.5) is 0 Å². The van der Waals surface area contributed by atoms with Gasteiger partial charge in [0.25, 0.3) is 5.91 Å². The van der Waals surface area contributed by atoms with Gasteiger partial charge < -0.3 is 4.74 Å². The Morgan fingerprint density at radius 1 is 1.10 bits per heavy atom. The zero-order chi connectivity index (χ0) is 16.3. The number of hydrogen-bond acceptors (Lipinski definition) is 2. The summed E-state index contributed by atoms with van der Waals surface area (Å²) in [4.78, 5) is 10.9. The average Bonchev–Trinajstić information content (AvgIpc) is 2.44. The predicted octanol–water partition coefficient (Wildman–Crippen LogP) is 4.25. The van der Waals surface area contributed by atoms with Crippen molar-refractivity contribution in [2.24, 2.45) is 0 Å². The van der Waals surface area contributed by atoms with E-state index in [4.69, 9.17) is 10.5 Å². The maximum Gasteiger partial charge on any atom is 0.276 e. The van der Waals surface area contributed by atoms with Gasteiger partial charge in [0.05, 0.1) is 0 Å². The second-order valence-electron chi connectivity index (χ2n) is 6.87. The minimum Gasteiger partial charge on any atom is -0.483 e. The Balaban J connectivity index is 3.45. The van der Waals surface area contributed by atoms with Crippen LogP contribution in [0.2, 0.25) is 0 Å². The molecule has 0 aromatic heterocycles. The van der Waals surface area contributed by atoms with E-state index in [1.54, 1.807) is 0 Å². The first kappa shape index (κ1) is 17.5. The van der Waals surface area contributed by atoms with Gasteiger partial charge in [-0.2, -0.15) is 0 Å². The van der Waals surface area contributed by atoms with E-state index in [1.165, 1.54) is 11.1 Å². The Morgan fingerprint density at radius 2 is 1.67 bits per heavy atom. The Labute approximate surface area is 128 Å². The minimum atomic E-state index is -0.699. The molecule has 0 bridgehead atoms. The number of carbonyl (C=O) groups is 1. The minimum absolute atomic E-state index is 0.0383. The van der Waals surface area contributed by atoms with E-state index >= 15 is 0 Å². The highest BCUT2D eigenvalue weighted by atomic mass is 16.5. The van der Waals surface area contributed by atoms with E-state index in [0.29, 0.717) is 0 Å². The largest absolute Gasteiger partial charge is 0.483 e. The molecule has 0 aliphatic carbocycles. The smallest absolute Gasteiger partial charge is 0.276 e. The molecule has 0 unspecified atom stereocenters. The van der Waals surface area contributed by atoms with Crippen LogP contribution in [0.15, 0.2) is 18.2 Å². The van der Waals surface area contributed by atoms with Crippen LogP contribution in [0.25, 0.3) is 0 Å². The lowest BCUT2D eigenvalue weighted by molar-refractivity contribution is -0.120. The summed E-state index contributed by atoms with van der Waals surface area (Å²) >= 11 is 0. The quantitative estimate of drug-likeness (QED) is 0.753. The van der Waals surface area contributed by atoms with Crippen molar-refractivity contribution in [2.75, 3.05) is 6.61 Å². The van der Waals surface area contributed by atoms with Crippen LogP contribution in [0, 0.1) is 0 Å². The molecule has 0 aliphatic heterocycles. The fraction of sp³-hybridized carbons (Fsp3) is 0.611. The van der Waals surface area contributed by atoms with Gasteiger partial charge in [-0.3, -0.25) is 10.5 Å². The number of hydrogen-bond donors (Lipinski definition) is 0. The Kier molecular flexibility index (Phi) is 5.43. The third-order valence-corrected chi connectivity index (χ3v) is 4.56. The van der Waals surface area contributed by atoms with Crippen LogP contribution >= 0.6 is 0 Å². The molecule has 3 heteroatoms. The van der Waals surface area contributed by atoms with Crippen molar-refractivity contribution < 1.29 is 9.53 Å². The molecular formula is C18H28NO2. The Hall–Kier alpha value is -1.51. The highest BCUT2D eigenvalue weighted by Gasteiger charge is 2.31. The molecule has 1 radical (unpaired) electrons. The molecule has 0 heterocycles. The summed E-state index contributed by atoms with van der Waals surface area (Å²) in [5.41, 5.74) is 9.49. The topological polar surface area (TPSA) is 50.1 Å². The second kappa shape index (κ2) is 6.50. The van der Waals surface area contributed by atoms with Gasteiger partial charge in [-0.05, 0) is 35.3 Å². The maximum absolute atomic E-state index is 10.9. The Bertz CT molecular complexity index is 504.